The molecule has 1 aromatic heterocycles. The first-order valence-corrected chi connectivity index (χ1v) is 5.19. The minimum Gasteiger partial charge on any atom is -0.213 e. The molecule has 0 unspecified atom stereocenters. The number of benzene rings is 2. The van der Waals surface area contributed by atoms with Gasteiger partial charge < -0.3 is 0 Å². The van der Waals surface area contributed by atoms with Gasteiger partial charge in [-0.15, -0.1) is 5.10 Å². The first-order valence-electron chi connectivity index (χ1n) is 5.19. The van der Waals surface area contributed by atoms with E-state index in [2.05, 4.69) is 16.4 Å². The van der Waals surface area contributed by atoms with Gasteiger partial charge in [0.05, 0.1) is 22.8 Å². The Morgan fingerprint density at radius 1 is 1.06 bits per heavy atom. The number of para-hydroxylation sites is 1. The average Bonchev–Trinajstić information content (AvgIpc) is 2.82. The lowest BCUT2D eigenvalue weighted by atomic mass is 10.2. The third kappa shape index (κ3) is 1.54. The molecule has 0 radical (unpaired) electrons. The Kier molecular flexibility index (Phi) is 2.09. The van der Waals surface area contributed by atoms with Gasteiger partial charge in [0.1, 0.15) is 5.52 Å². The van der Waals surface area contributed by atoms with Crippen LogP contribution >= 0.6 is 0 Å². The van der Waals surface area contributed by atoms with Gasteiger partial charge >= 0.3 is 0 Å². The van der Waals surface area contributed by atoms with E-state index in [1.165, 1.54) is 0 Å². The Hall–Kier alpha value is -2.67. The first-order chi connectivity index (χ1) is 8.38. The number of hydrogen-bond acceptors (Lipinski definition) is 3. The third-order valence-corrected chi connectivity index (χ3v) is 2.58. The first kappa shape index (κ1) is 9.55. The number of hydrogen-bond donors (Lipinski definition) is 0. The van der Waals surface area contributed by atoms with Crippen LogP contribution < -0.4 is 0 Å². The number of nitriles is 1. The molecule has 4 heteroatoms. The van der Waals surface area contributed by atoms with Crippen LogP contribution in [0.15, 0.2) is 48.5 Å². The molecule has 3 aromatic rings. The quantitative estimate of drug-likeness (QED) is 0.632. The van der Waals surface area contributed by atoms with Crippen LogP contribution in [0.1, 0.15) is 5.56 Å². The molecule has 4 nitrogen and oxygen atoms in total. The molecule has 0 aliphatic rings. The molecule has 0 atom stereocenters. The molecule has 17 heavy (non-hydrogen) atoms. The highest BCUT2D eigenvalue weighted by Crippen LogP contribution is 2.16. The second-order valence-electron chi connectivity index (χ2n) is 3.65. The van der Waals surface area contributed by atoms with Gasteiger partial charge in [0.15, 0.2) is 0 Å². The van der Waals surface area contributed by atoms with Gasteiger partial charge in [0.25, 0.3) is 0 Å². The zero-order valence-electron chi connectivity index (χ0n) is 8.91. The maximum absolute atomic E-state index is 8.82. The van der Waals surface area contributed by atoms with Crippen LogP contribution in [-0.4, -0.2) is 15.0 Å². The van der Waals surface area contributed by atoms with Crippen LogP contribution in [0, 0.1) is 11.3 Å². The molecule has 0 amide bonds. The maximum atomic E-state index is 8.82. The summed E-state index contributed by atoms with van der Waals surface area (Å²) in [4.78, 5) is 0. The molecule has 80 valence electrons. The minimum atomic E-state index is 0.595. The smallest absolute Gasteiger partial charge is 0.114 e. The lowest BCUT2D eigenvalue weighted by Crippen LogP contribution is -1.95. The highest BCUT2D eigenvalue weighted by atomic mass is 15.4. The van der Waals surface area contributed by atoms with Gasteiger partial charge in [-0.05, 0) is 30.3 Å². The van der Waals surface area contributed by atoms with E-state index >= 15 is 0 Å². The largest absolute Gasteiger partial charge is 0.213 e. The van der Waals surface area contributed by atoms with Crippen molar-refractivity contribution >= 4 is 11.0 Å². The number of rotatable bonds is 1. The predicted molar refractivity (Wildman–Crippen MR) is 63.6 cm³/mol. The van der Waals surface area contributed by atoms with Gasteiger partial charge in [-0.1, -0.05) is 23.4 Å². The summed E-state index contributed by atoms with van der Waals surface area (Å²) in [7, 11) is 0. The zero-order chi connectivity index (χ0) is 11.7. The second kappa shape index (κ2) is 3.72. The Balaban J connectivity index is 2.23. The van der Waals surface area contributed by atoms with Crippen molar-refractivity contribution in [2.75, 3.05) is 0 Å². The molecule has 0 aliphatic carbocycles. The van der Waals surface area contributed by atoms with Gasteiger partial charge in [-0.3, -0.25) is 0 Å². The summed E-state index contributed by atoms with van der Waals surface area (Å²) in [6.07, 6.45) is 0. The molecule has 0 fully saturated rings. The van der Waals surface area contributed by atoms with Crippen LogP contribution in [0.3, 0.4) is 0 Å². The van der Waals surface area contributed by atoms with E-state index in [1.807, 2.05) is 36.4 Å². The fourth-order valence-corrected chi connectivity index (χ4v) is 1.75. The van der Waals surface area contributed by atoms with Crippen molar-refractivity contribution in [3.63, 3.8) is 0 Å². The molecule has 0 aliphatic heterocycles. The summed E-state index contributed by atoms with van der Waals surface area (Å²) in [6.45, 7) is 0. The van der Waals surface area contributed by atoms with E-state index in [0.717, 1.165) is 16.7 Å². The summed E-state index contributed by atoms with van der Waals surface area (Å²) in [5.74, 6) is 0. The standard InChI is InChI=1S/C13H8N4/c14-9-10-6-7-13-12(8-10)15-16-17(13)11-4-2-1-3-5-11/h1-8H. The number of aromatic nitrogens is 3. The molecular weight excluding hydrogens is 212 g/mol. The van der Waals surface area contributed by atoms with Crippen molar-refractivity contribution in [2.24, 2.45) is 0 Å². The molecule has 0 saturated carbocycles. The summed E-state index contributed by atoms with van der Waals surface area (Å²) < 4.78 is 1.76. The molecule has 0 bridgehead atoms. The highest BCUT2D eigenvalue weighted by Gasteiger charge is 2.06. The van der Waals surface area contributed by atoms with E-state index < -0.39 is 0 Å². The zero-order valence-corrected chi connectivity index (χ0v) is 8.91. The van der Waals surface area contributed by atoms with Crippen LogP contribution in [-0.2, 0) is 0 Å². The van der Waals surface area contributed by atoms with Crippen LogP contribution in [0.4, 0.5) is 0 Å². The summed E-state index contributed by atoms with van der Waals surface area (Å²) >= 11 is 0. The molecule has 3 rings (SSSR count). The Labute approximate surface area is 97.7 Å². The number of fused-ring (bicyclic) bond motifs is 1. The van der Waals surface area contributed by atoms with E-state index in [0.29, 0.717) is 5.56 Å². The summed E-state index contributed by atoms with van der Waals surface area (Å²) in [6, 6.07) is 17.2. The third-order valence-electron chi connectivity index (χ3n) is 2.58. The lowest BCUT2D eigenvalue weighted by molar-refractivity contribution is 0.824. The maximum Gasteiger partial charge on any atom is 0.114 e. The van der Waals surface area contributed by atoms with Gasteiger partial charge in [-0.25, -0.2) is 4.68 Å². The van der Waals surface area contributed by atoms with Crippen LogP contribution in [0.5, 0.6) is 0 Å². The predicted octanol–water partition coefficient (Wildman–Crippen LogP) is 2.29. The molecule has 1 heterocycles. The molecule has 0 N–H and O–H groups in total. The van der Waals surface area contributed by atoms with Crippen molar-refractivity contribution in [3.05, 3.63) is 54.1 Å². The highest BCUT2D eigenvalue weighted by molar-refractivity contribution is 5.77. The molecule has 2 aromatic carbocycles. The van der Waals surface area contributed by atoms with E-state index in [4.69, 9.17) is 5.26 Å². The summed E-state index contributed by atoms with van der Waals surface area (Å²) in [5, 5.41) is 17.0. The molecular formula is C13H8N4. The van der Waals surface area contributed by atoms with E-state index in [1.54, 1.807) is 16.8 Å². The van der Waals surface area contributed by atoms with Crippen molar-refractivity contribution in [1.29, 1.82) is 5.26 Å². The minimum absolute atomic E-state index is 0.595. The Morgan fingerprint density at radius 3 is 2.65 bits per heavy atom. The van der Waals surface area contributed by atoms with Crippen molar-refractivity contribution in [1.82, 2.24) is 15.0 Å². The van der Waals surface area contributed by atoms with Gasteiger partial charge in [0.2, 0.25) is 0 Å². The average molecular weight is 220 g/mol. The Bertz CT molecular complexity index is 707. The normalized spacial score (nSPS) is 10.3. The fraction of sp³-hybridized carbons (Fsp3) is 0. The topological polar surface area (TPSA) is 54.5 Å². The van der Waals surface area contributed by atoms with Crippen molar-refractivity contribution in [3.8, 4) is 11.8 Å². The SMILES string of the molecule is N#Cc1ccc2c(c1)nnn2-c1ccccc1. The molecule has 0 spiro atoms. The summed E-state index contributed by atoms with van der Waals surface area (Å²) in [5.41, 5.74) is 3.18. The van der Waals surface area contributed by atoms with Crippen molar-refractivity contribution < 1.29 is 0 Å². The van der Waals surface area contributed by atoms with Crippen LogP contribution in [0.25, 0.3) is 16.7 Å². The van der Waals surface area contributed by atoms with E-state index in [9.17, 15) is 0 Å². The molecule has 0 saturated heterocycles. The second-order valence-corrected chi connectivity index (χ2v) is 3.65. The number of nitrogens with zero attached hydrogens (tertiary/aromatic N) is 4. The van der Waals surface area contributed by atoms with Crippen LogP contribution in [0.2, 0.25) is 0 Å². The lowest BCUT2D eigenvalue weighted by Gasteiger charge is -2.00. The monoisotopic (exact) mass is 220 g/mol. The Morgan fingerprint density at radius 2 is 1.88 bits per heavy atom. The fourth-order valence-electron chi connectivity index (χ4n) is 1.75. The van der Waals surface area contributed by atoms with E-state index in [-0.39, 0.29) is 0 Å². The van der Waals surface area contributed by atoms with Crippen molar-refractivity contribution in [2.45, 2.75) is 0 Å². The van der Waals surface area contributed by atoms with Gasteiger partial charge in [0, 0.05) is 0 Å². The van der Waals surface area contributed by atoms with Gasteiger partial charge in [-0.2, -0.15) is 5.26 Å².